The molecule has 0 bridgehead atoms. The maximum Gasteiger partial charge on any atom is 0.357 e. The fourth-order valence-electron chi connectivity index (χ4n) is 4.32. The van der Waals surface area contributed by atoms with Crippen LogP contribution in [0.1, 0.15) is 28.5 Å². The minimum Gasteiger partial charge on any atom is -0.497 e. The molecule has 0 saturated carbocycles. The van der Waals surface area contributed by atoms with E-state index in [1.54, 1.807) is 25.6 Å². The Morgan fingerprint density at radius 3 is 2.68 bits per heavy atom. The lowest BCUT2D eigenvalue weighted by molar-refractivity contribution is -0.907. The van der Waals surface area contributed by atoms with Crippen molar-refractivity contribution in [2.24, 2.45) is 7.05 Å². The zero-order chi connectivity index (χ0) is 22.0. The Morgan fingerprint density at radius 1 is 1.16 bits per heavy atom. The number of amides is 1. The third-order valence-corrected chi connectivity index (χ3v) is 5.86. The largest absolute Gasteiger partial charge is 0.497 e. The lowest BCUT2D eigenvalue weighted by Gasteiger charge is -2.25. The van der Waals surface area contributed by atoms with E-state index < -0.39 is 5.97 Å². The molecular formula is C24H28N3O4+. The highest BCUT2D eigenvalue weighted by molar-refractivity contribution is 6.11. The number of esters is 1. The van der Waals surface area contributed by atoms with Crippen LogP contribution >= 0.6 is 0 Å². The summed E-state index contributed by atoms with van der Waals surface area (Å²) in [6.07, 6.45) is 0.957. The van der Waals surface area contributed by atoms with Crippen LogP contribution in [0.15, 0.2) is 42.5 Å². The van der Waals surface area contributed by atoms with Crippen molar-refractivity contribution in [3.63, 3.8) is 0 Å². The number of ether oxygens (including phenoxy) is 2. The zero-order valence-electron chi connectivity index (χ0n) is 18.2. The van der Waals surface area contributed by atoms with Crippen molar-refractivity contribution < 1.29 is 24.0 Å². The molecule has 7 heteroatoms. The molecule has 4 rings (SSSR count). The number of anilines is 1. The van der Waals surface area contributed by atoms with E-state index in [0.717, 1.165) is 30.4 Å². The van der Waals surface area contributed by atoms with Gasteiger partial charge in [-0.05, 0) is 30.7 Å². The van der Waals surface area contributed by atoms with E-state index in [0.29, 0.717) is 23.7 Å². The van der Waals surface area contributed by atoms with Gasteiger partial charge in [-0.1, -0.05) is 24.3 Å². The number of hydrogen-bond acceptors (Lipinski definition) is 4. The first-order valence-electron chi connectivity index (χ1n) is 10.6. The molecule has 0 radical (unpaired) electrons. The Balaban J connectivity index is 1.61. The summed E-state index contributed by atoms with van der Waals surface area (Å²) in [4.78, 5) is 26.9. The number of carbonyl (C=O) groups excluding carboxylic acids is 2. The number of quaternary nitrogens is 1. The van der Waals surface area contributed by atoms with Crippen LogP contribution in [-0.2, 0) is 29.5 Å². The van der Waals surface area contributed by atoms with E-state index in [4.69, 9.17) is 9.47 Å². The van der Waals surface area contributed by atoms with Crippen molar-refractivity contribution in [2.45, 2.75) is 19.9 Å². The van der Waals surface area contributed by atoms with Gasteiger partial charge in [0, 0.05) is 24.4 Å². The Kier molecular flexibility index (Phi) is 5.95. The van der Waals surface area contributed by atoms with Gasteiger partial charge in [0.05, 0.1) is 31.5 Å². The van der Waals surface area contributed by atoms with Gasteiger partial charge in [-0.25, -0.2) is 4.79 Å². The topological polar surface area (TPSA) is 74.0 Å². The van der Waals surface area contributed by atoms with Gasteiger partial charge in [0.1, 0.15) is 12.3 Å². The third kappa shape index (κ3) is 4.14. The van der Waals surface area contributed by atoms with Crippen LogP contribution in [0, 0.1) is 0 Å². The number of rotatable bonds is 6. The summed E-state index contributed by atoms with van der Waals surface area (Å²) in [7, 11) is 3.38. The highest BCUT2D eigenvalue weighted by Crippen LogP contribution is 2.33. The fraction of sp³-hybridized carbons (Fsp3) is 0.333. The lowest BCUT2D eigenvalue weighted by atomic mass is 10.00. The first-order valence-corrected chi connectivity index (χ1v) is 10.6. The molecule has 31 heavy (non-hydrogen) atoms. The van der Waals surface area contributed by atoms with E-state index in [1.807, 2.05) is 24.3 Å². The second kappa shape index (κ2) is 8.81. The van der Waals surface area contributed by atoms with E-state index in [-0.39, 0.29) is 12.5 Å². The summed E-state index contributed by atoms with van der Waals surface area (Å²) >= 11 is 0. The maximum atomic E-state index is 13.0. The van der Waals surface area contributed by atoms with Crippen LogP contribution in [0.5, 0.6) is 5.75 Å². The Morgan fingerprint density at radius 2 is 1.94 bits per heavy atom. The SMILES string of the molecule is CCOC(=O)c1c(NC(=O)C[NH+]2CCc3ccccc3C2)c2cc(OC)ccc2n1C. The average Bonchev–Trinajstić information content (AvgIpc) is 3.04. The van der Waals surface area contributed by atoms with Gasteiger partial charge < -0.3 is 24.3 Å². The zero-order valence-corrected chi connectivity index (χ0v) is 18.2. The van der Waals surface area contributed by atoms with Crippen molar-refractivity contribution in [3.05, 3.63) is 59.3 Å². The number of hydrogen-bond donors (Lipinski definition) is 2. The van der Waals surface area contributed by atoms with Gasteiger partial charge in [-0.15, -0.1) is 0 Å². The quantitative estimate of drug-likeness (QED) is 0.596. The molecule has 1 aromatic heterocycles. The number of methoxy groups -OCH3 is 1. The molecular weight excluding hydrogens is 394 g/mol. The number of aromatic nitrogens is 1. The highest BCUT2D eigenvalue weighted by Gasteiger charge is 2.26. The minimum atomic E-state index is -0.463. The van der Waals surface area contributed by atoms with E-state index >= 15 is 0 Å². The Labute approximate surface area is 181 Å². The van der Waals surface area contributed by atoms with Gasteiger partial charge in [-0.3, -0.25) is 4.79 Å². The smallest absolute Gasteiger partial charge is 0.357 e. The first kappa shape index (κ1) is 20.9. The molecule has 162 valence electrons. The molecule has 3 aromatic rings. The van der Waals surface area contributed by atoms with Crippen molar-refractivity contribution in [1.29, 1.82) is 0 Å². The average molecular weight is 423 g/mol. The Bertz CT molecular complexity index is 1140. The lowest BCUT2D eigenvalue weighted by Crippen LogP contribution is -3.12. The molecule has 2 heterocycles. The molecule has 7 nitrogen and oxygen atoms in total. The second-order valence-corrected chi connectivity index (χ2v) is 7.81. The molecule has 2 aromatic carbocycles. The molecule has 0 spiro atoms. The minimum absolute atomic E-state index is 0.129. The summed E-state index contributed by atoms with van der Waals surface area (Å²) < 4.78 is 12.4. The van der Waals surface area contributed by atoms with Crippen molar-refractivity contribution in [1.82, 2.24) is 4.57 Å². The summed E-state index contributed by atoms with van der Waals surface area (Å²) in [5, 5.41) is 3.75. The molecule has 1 aliphatic rings. The van der Waals surface area contributed by atoms with Crippen molar-refractivity contribution in [3.8, 4) is 5.75 Å². The van der Waals surface area contributed by atoms with Gasteiger partial charge in [-0.2, -0.15) is 0 Å². The molecule has 1 aliphatic heterocycles. The van der Waals surface area contributed by atoms with Gasteiger partial charge >= 0.3 is 5.97 Å². The molecule has 0 fully saturated rings. The second-order valence-electron chi connectivity index (χ2n) is 7.81. The van der Waals surface area contributed by atoms with Gasteiger partial charge in [0.15, 0.2) is 12.2 Å². The molecule has 1 amide bonds. The van der Waals surface area contributed by atoms with E-state index in [1.165, 1.54) is 16.0 Å². The fourth-order valence-corrected chi connectivity index (χ4v) is 4.32. The maximum absolute atomic E-state index is 13.0. The molecule has 2 N–H and O–H groups in total. The number of fused-ring (bicyclic) bond motifs is 2. The van der Waals surface area contributed by atoms with Crippen LogP contribution in [0.25, 0.3) is 10.9 Å². The normalized spacial score (nSPS) is 15.4. The predicted octanol–water partition coefficient (Wildman–Crippen LogP) is 1.94. The number of carbonyl (C=O) groups is 2. The van der Waals surface area contributed by atoms with Crippen LogP contribution < -0.4 is 15.0 Å². The van der Waals surface area contributed by atoms with Crippen molar-refractivity contribution >= 4 is 28.5 Å². The number of benzene rings is 2. The van der Waals surface area contributed by atoms with Crippen molar-refractivity contribution in [2.75, 3.05) is 32.1 Å². The predicted molar refractivity (Wildman–Crippen MR) is 119 cm³/mol. The monoisotopic (exact) mass is 422 g/mol. The van der Waals surface area contributed by atoms with Crippen LogP contribution in [-0.4, -0.2) is 43.2 Å². The highest BCUT2D eigenvalue weighted by atomic mass is 16.5. The third-order valence-electron chi connectivity index (χ3n) is 5.86. The van der Waals surface area contributed by atoms with Crippen LogP contribution in [0.2, 0.25) is 0 Å². The van der Waals surface area contributed by atoms with Gasteiger partial charge in [0.2, 0.25) is 0 Å². The molecule has 1 atom stereocenters. The summed E-state index contributed by atoms with van der Waals surface area (Å²) in [5.74, 6) is 0.0623. The van der Waals surface area contributed by atoms with Crippen LogP contribution in [0.3, 0.4) is 0 Å². The summed E-state index contributed by atoms with van der Waals surface area (Å²) in [6.45, 7) is 4.07. The number of nitrogens with zero attached hydrogens (tertiary/aromatic N) is 1. The summed E-state index contributed by atoms with van der Waals surface area (Å²) in [5.41, 5.74) is 4.27. The molecule has 0 aliphatic carbocycles. The Hall–Kier alpha value is -3.32. The molecule has 1 unspecified atom stereocenters. The summed E-state index contributed by atoms with van der Waals surface area (Å²) in [6, 6.07) is 13.9. The van der Waals surface area contributed by atoms with E-state index in [2.05, 4.69) is 23.5 Å². The number of nitrogens with one attached hydrogen (secondary N) is 2. The molecule has 0 saturated heterocycles. The van der Waals surface area contributed by atoms with E-state index in [9.17, 15) is 9.59 Å². The van der Waals surface area contributed by atoms with Gasteiger partial charge in [0.25, 0.3) is 5.91 Å². The first-order chi connectivity index (χ1) is 15.0. The standard InChI is InChI=1S/C24H27N3O4/c1-4-31-24(29)23-22(19-13-18(30-3)9-10-20(19)26(23)2)25-21(28)15-27-12-11-16-7-5-6-8-17(16)14-27/h5-10,13H,4,11-12,14-15H2,1-3H3,(H,25,28)/p+1. The van der Waals surface area contributed by atoms with Crippen LogP contribution in [0.4, 0.5) is 5.69 Å². The number of aryl methyl sites for hydroxylation is 1.